The molecule has 1 N–H and O–H groups in total. The molecule has 1 saturated heterocycles. The predicted molar refractivity (Wildman–Crippen MR) is 80.6 cm³/mol. The molecule has 1 aliphatic rings. The highest BCUT2D eigenvalue weighted by Crippen LogP contribution is 2.37. The van der Waals surface area contributed by atoms with Crippen LogP contribution in [0.25, 0.3) is 10.2 Å². The maximum atomic E-state index is 11.5. The van der Waals surface area contributed by atoms with E-state index in [-0.39, 0.29) is 16.1 Å². The fraction of sp³-hybridized carbons (Fsp3) is 0.462. The summed E-state index contributed by atoms with van der Waals surface area (Å²) in [6.45, 7) is 6.53. The van der Waals surface area contributed by atoms with Crippen LogP contribution in [0.5, 0.6) is 0 Å². The Kier molecular flexibility index (Phi) is 3.10. The molecule has 1 aromatic heterocycles. The fourth-order valence-corrected chi connectivity index (χ4v) is 3.37. The minimum atomic E-state index is -0.313. The molecule has 1 aliphatic heterocycles. The number of nitro groups is 1. The van der Waals surface area contributed by atoms with Crippen molar-refractivity contribution in [2.45, 2.75) is 19.4 Å². The summed E-state index contributed by atoms with van der Waals surface area (Å²) in [6, 6.07) is 3.77. The van der Waals surface area contributed by atoms with E-state index in [2.05, 4.69) is 29.0 Å². The second-order valence-corrected chi connectivity index (χ2v) is 6.51. The van der Waals surface area contributed by atoms with Gasteiger partial charge in [-0.15, -0.1) is 11.3 Å². The van der Waals surface area contributed by atoms with E-state index in [1.165, 1.54) is 11.3 Å². The highest BCUT2D eigenvalue weighted by molar-refractivity contribution is 7.16. The molecule has 0 aliphatic carbocycles. The molecule has 6 nitrogen and oxygen atoms in total. The van der Waals surface area contributed by atoms with Crippen LogP contribution in [0, 0.1) is 10.1 Å². The van der Waals surface area contributed by atoms with Crippen LogP contribution in [-0.2, 0) is 0 Å². The molecular weight excluding hydrogens is 276 g/mol. The highest BCUT2D eigenvalue weighted by Gasteiger charge is 2.31. The molecule has 106 valence electrons. The SMILES string of the molecule is CC1(C)CN(c2ccc3scnc3c2[N+](=O)[O-])CCN1. The zero-order valence-electron chi connectivity index (χ0n) is 11.4. The molecule has 1 fully saturated rings. The van der Waals surface area contributed by atoms with E-state index in [1.807, 2.05) is 12.1 Å². The molecule has 20 heavy (non-hydrogen) atoms. The fourth-order valence-electron chi connectivity index (χ4n) is 2.69. The summed E-state index contributed by atoms with van der Waals surface area (Å²) in [6.07, 6.45) is 0. The van der Waals surface area contributed by atoms with Crippen LogP contribution >= 0.6 is 11.3 Å². The molecule has 2 aromatic rings. The first kappa shape index (κ1) is 13.3. The number of nitrogens with one attached hydrogen (secondary N) is 1. The van der Waals surface area contributed by atoms with E-state index in [0.717, 1.165) is 24.3 Å². The zero-order chi connectivity index (χ0) is 14.3. The number of benzene rings is 1. The quantitative estimate of drug-likeness (QED) is 0.679. The lowest BCUT2D eigenvalue weighted by molar-refractivity contribution is -0.382. The van der Waals surface area contributed by atoms with Crippen LogP contribution < -0.4 is 10.2 Å². The Labute approximate surface area is 120 Å². The van der Waals surface area contributed by atoms with Gasteiger partial charge in [-0.25, -0.2) is 4.98 Å². The van der Waals surface area contributed by atoms with Gasteiger partial charge in [0.15, 0.2) is 5.52 Å². The molecule has 0 radical (unpaired) electrons. The normalized spacial score (nSPS) is 18.4. The minimum absolute atomic E-state index is 0.0524. The standard InChI is InChI=1S/C13H16N4O2S/c1-13(2)7-16(6-5-15-13)9-3-4-10-11(14-8-20-10)12(9)17(18)19/h3-4,8,15H,5-7H2,1-2H3. The van der Waals surface area contributed by atoms with Crippen molar-refractivity contribution in [2.75, 3.05) is 24.5 Å². The minimum Gasteiger partial charge on any atom is -0.363 e. The van der Waals surface area contributed by atoms with Crippen molar-refractivity contribution in [3.05, 3.63) is 27.8 Å². The van der Waals surface area contributed by atoms with Crippen molar-refractivity contribution in [1.82, 2.24) is 10.3 Å². The Morgan fingerprint density at radius 3 is 3.00 bits per heavy atom. The lowest BCUT2D eigenvalue weighted by Crippen LogP contribution is -2.57. The van der Waals surface area contributed by atoms with Gasteiger partial charge in [-0.3, -0.25) is 10.1 Å². The molecule has 2 heterocycles. The Morgan fingerprint density at radius 2 is 2.30 bits per heavy atom. The van der Waals surface area contributed by atoms with Crippen LogP contribution in [0.1, 0.15) is 13.8 Å². The number of hydrogen-bond acceptors (Lipinski definition) is 6. The Balaban J connectivity index is 2.11. The van der Waals surface area contributed by atoms with Crippen LogP contribution in [0.3, 0.4) is 0 Å². The molecule has 0 atom stereocenters. The van der Waals surface area contributed by atoms with Gasteiger partial charge < -0.3 is 10.2 Å². The Hall–Kier alpha value is -1.73. The lowest BCUT2D eigenvalue weighted by atomic mass is 10.0. The van der Waals surface area contributed by atoms with Gasteiger partial charge >= 0.3 is 5.69 Å². The number of aromatic nitrogens is 1. The molecule has 0 amide bonds. The molecule has 0 spiro atoms. The van der Waals surface area contributed by atoms with Gasteiger partial charge in [0.05, 0.1) is 15.1 Å². The number of rotatable bonds is 2. The van der Waals surface area contributed by atoms with E-state index in [9.17, 15) is 10.1 Å². The molecule has 0 bridgehead atoms. The van der Waals surface area contributed by atoms with Gasteiger partial charge in [-0.2, -0.15) is 0 Å². The summed E-state index contributed by atoms with van der Waals surface area (Å²) in [5.41, 5.74) is 2.89. The number of fused-ring (bicyclic) bond motifs is 1. The monoisotopic (exact) mass is 292 g/mol. The molecule has 1 aromatic carbocycles. The van der Waals surface area contributed by atoms with Gasteiger partial charge in [0.2, 0.25) is 0 Å². The van der Waals surface area contributed by atoms with Crippen molar-refractivity contribution in [1.29, 1.82) is 0 Å². The maximum Gasteiger partial charge on any atom is 0.319 e. The third-order valence-electron chi connectivity index (χ3n) is 3.55. The Bertz CT molecular complexity index is 667. The number of nitro benzene ring substituents is 1. The number of hydrogen-bond donors (Lipinski definition) is 1. The van der Waals surface area contributed by atoms with Crippen molar-refractivity contribution in [3.8, 4) is 0 Å². The topological polar surface area (TPSA) is 71.3 Å². The number of thiazole rings is 1. The lowest BCUT2D eigenvalue weighted by Gasteiger charge is -2.40. The van der Waals surface area contributed by atoms with Gasteiger partial charge in [0, 0.05) is 25.2 Å². The van der Waals surface area contributed by atoms with Gasteiger partial charge in [-0.1, -0.05) is 0 Å². The third-order valence-corrected chi connectivity index (χ3v) is 4.34. The second kappa shape index (κ2) is 4.68. The molecule has 0 saturated carbocycles. The largest absolute Gasteiger partial charge is 0.363 e. The number of anilines is 1. The van der Waals surface area contributed by atoms with Crippen LogP contribution in [-0.4, -0.2) is 35.1 Å². The maximum absolute atomic E-state index is 11.5. The first-order valence-corrected chi connectivity index (χ1v) is 7.36. The summed E-state index contributed by atoms with van der Waals surface area (Å²) >= 11 is 1.43. The predicted octanol–water partition coefficient (Wildman–Crippen LogP) is 2.39. The zero-order valence-corrected chi connectivity index (χ0v) is 12.2. The van der Waals surface area contributed by atoms with E-state index >= 15 is 0 Å². The molecule has 0 unspecified atom stereocenters. The second-order valence-electron chi connectivity index (χ2n) is 5.62. The molecule has 3 rings (SSSR count). The van der Waals surface area contributed by atoms with E-state index in [0.29, 0.717) is 11.2 Å². The summed E-state index contributed by atoms with van der Waals surface area (Å²) in [5, 5.41) is 14.9. The first-order valence-electron chi connectivity index (χ1n) is 6.48. The van der Waals surface area contributed by atoms with E-state index < -0.39 is 0 Å². The Morgan fingerprint density at radius 1 is 1.50 bits per heavy atom. The van der Waals surface area contributed by atoms with Gasteiger partial charge in [-0.05, 0) is 26.0 Å². The summed E-state index contributed by atoms with van der Waals surface area (Å²) in [5.74, 6) is 0. The van der Waals surface area contributed by atoms with Crippen molar-refractivity contribution >= 4 is 32.9 Å². The first-order chi connectivity index (χ1) is 9.48. The van der Waals surface area contributed by atoms with Crippen LogP contribution in [0.4, 0.5) is 11.4 Å². The summed E-state index contributed by atoms with van der Waals surface area (Å²) < 4.78 is 0.856. The van der Waals surface area contributed by atoms with Crippen LogP contribution in [0.2, 0.25) is 0 Å². The smallest absolute Gasteiger partial charge is 0.319 e. The summed E-state index contributed by atoms with van der Waals surface area (Å²) in [4.78, 5) is 17.4. The van der Waals surface area contributed by atoms with Crippen molar-refractivity contribution in [2.24, 2.45) is 0 Å². The van der Waals surface area contributed by atoms with Gasteiger partial charge in [0.25, 0.3) is 0 Å². The van der Waals surface area contributed by atoms with E-state index in [4.69, 9.17) is 0 Å². The van der Waals surface area contributed by atoms with Gasteiger partial charge in [0.1, 0.15) is 5.69 Å². The van der Waals surface area contributed by atoms with Crippen LogP contribution in [0.15, 0.2) is 17.6 Å². The number of piperazine rings is 1. The molecular formula is C13H16N4O2S. The number of nitrogens with zero attached hydrogens (tertiary/aromatic N) is 3. The van der Waals surface area contributed by atoms with Crippen molar-refractivity contribution in [3.63, 3.8) is 0 Å². The highest BCUT2D eigenvalue weighted by atomic mass is 32.1. The third kappa shape index (κ3) is 2.23. The van der Waals surface area contributed by atoms with E-state index in [1.54, 1.807) is 5.51 Å². The molecule has 7 heteroatoms. The van der Waals surface area contributed by atoms with Crippen molar-refractivity contribution < 1.29 is 4.92 Å². The summed E-state index contributed by atoms with van der Waals surface area (Å²) in [7, 11) is 0. The average molecular weight is 292 g/mol. The average Bonchev–Trinajstić information content (AvgIpc) is 2.83.